The van der Waals surface area contributed by atoms with Crippen LogP contribution in [0.3, 0.4) is 0 Å². The second-order valence-electron chi connectivity index (χ2n) is 11.9. The molecule has 42 heavy (non-hydrogen) atoms. The fraction of sp³-hybridized carbons (Fsp3) is 0.412. The molecule has 0 aliphatic heterocycles. The fourth-order valence-corrected chi connectivity index (χ4v) is 4.41. The number of phenolic OH excluding ortho intramolecular Hbond substituents is 1. The predicted molar refractivity (Wildman–Crippen MR) is 164 cm³/mol. The third kappa shape index (κ3) is 7.09. The standard InChI is InChI=1S/C34H42F2N2O4/c1-9-27(42-28-16-15-22(33(5,6)10-2)18-24(28)34(7,8)11-3)32(41)37-23-14-12-13-21(17-23)31(40)38-26-19-25(35)20(4)29(36)30(26)39/h12-19,27,39H,9-11H2,1-8H3,(H,37,41)(H,38,40). The Kier molecular flexibility index (Phi) is 10.0. The van der Waals surface area contributed by atoms with Crippen LogP contribution in [0.15, 0.2) is 48.5 Å². The van der Waals surface area contributed by atoms with Crippen molar-refractivity contribution in [2.45, 2.75) is 91.6 Å². The number of phenols is 1. The fourth-order valence-electron chi connectivity index (χ4n) is 4.41. The van der Waals surface area contributed by atoms with Crippen molar-refractivity contribution in [2.24, 2.45) is 0 Å². The van der Waals surface area contributed by atoms with Crippen LogP contribution in [0.1, 0.15) is 94.8 Å². The molecule has 3 aromatic carbocycles. The molecule has 3 rings (SSSR count). The monoisotopic (exact) mass is 580 g/mol. The van der Waals surface area contributed by atoms with Crippen molar-refractivity contribution in [3.05, 3.63) is 82.4 Å². The molecule has 0 radical (unpaired) electrons. The van der Waals surface area contributed by atoms with Crippen LogP contribution in [0.4, 0.5) is 20.2 Å². The normalized spacial score (nSPS) is 12.5. The highest BCUT2D eigenvalue weighted by Gasteiger charge is 2.29. The summed E-state index contributed by atoms with van der Waals surface area (Å²) in [5.41, 5.74) is 1.78. The number of hydrogen-bond acceptors (Lipinski definition) is 4. The van der Waals surface area contributed by atoms with E-state index in [0.717, 1.165) is 24.5 Å². The van der Waals surface area contributed by atoms with E-state index >= 15 is 0 Å². The Morgan fingerprint density at radius 2 is 1.60 bits per heavy atom. The van der Waals surface area contributed by atoms with E-state index in [2.05, 4.69) is 64.3 Å². The lowest BCUT2D eigenvalue weighted by Crippen LogP contribution is -2.33. The van der Waals surface area contributed by atoms with Crippen LogP contribution >= 0.6 is 0 Å². The van der Waals surface area contributed by atoms with E-state index in [0.29, 0.717) is 17.9 Å². The summed E-state index contributed by atoms with van der Waals surface area (Å²) in [5, 5.41) is 15.1. The molecule has 0 heterocycles. The van der Waals surface area contributed by atoms with Gasteiger partial charge in [-0.05, 0) is 66.8 Å². The second-order valence-corrected chi connectivity index (χ2v) is 11.9. The predicted octanol–water partition coefficient (Wildman–Crippen LogP) is 8.40. The van der Waals surface area contributed by atoms with Gasteiger partial charge in [0.2, 0.25) is 0 Å². The van der Waals surface area contributed by atoms with Crippen LogP contribution in [0, 0.1) is 18.6 Å². The van der Waals surface area contributed by atoms with Gasteiger partial charge in [0, 0.05) is 28.4 Å². The van der Waals surface area contributed by atoms with Gasteiger partial charge in [-0.1, -0.05) is 66.7 Å². The van der Waals surface area contributed by atoms with E-state index in [1.807, 2.05) is 13.0 Å². The first-order valence-electron chi connectivity index (χ1n) is 14.4. The number of halogens is 2. The minimum atomic E-state index is -1.15. The van der Waals surface area contributed by atoms with Crippen molar-refractivity contribution < 1.29 is 28.2 Å². The van der Waals surface area contributed by atoms with Gasteiger partial charge in [0.1, 0.15) is 11.6 Å². The van der Waals surface area contributed by atoms with Gasteiger partial charge in [-0.2, -0.15) is 0 Å². The Morgan fingerprint density at radius 3 is 2.21 bits per heavy atom. The molecule has 0 bridgehead atoms. The number of carbonyl (C=O) groups excluding carboxylic acids is 2. The maximum absolute atomic E-state index is 14.1. The number of hydrogen-bond donors (Lipinski definition) is 3. The summed E-state index contributed by atoms with van der Waals surface area (Å²) in [6.07, 6.45) is 1.48. The third-order valence-electron chi connectivity index (χ3n) is 8.25. The van der Waals surface area contributed by atoms with E-state index in [9.17, 15) is 23.5 Å². The second kappa shape index (κ2) is 12.9. The Hall–Kier alpha value is -3.94. The Labute approximate surface area is 247 Å². The minimum absolute atomic E-state index is 0.00351. The number of carbonyl (C=O) groups is 2. The lowest BCUT2D eigenvalue weighted by molar-refractivity contribution is -0.122. The van der Waals surface area contributed by atoms with Crippen LogP contribution in [0.5, 0.6) is 11.5 Å². The van der Waals surface area contributed by atoms with E-state index < -0.39 is 35.1 Å². The zero-order chi connectivity index (χ0) is 31.4. The number of benzene rings is 3. The summed E-state index contributed by atoms with van der Waals surface area (Å²) in [4.78, 5) is 26.1. The van der Waals surface area contributed by atoms with Crippen molar-refractivity contribution in [1.29, 1.82) is 0 Å². The molecule has 0 aliphatic rings. The molecule has 3 aromatic rings. The molecule has 0 aromatic heterocycles. The molecule has 8 heteroatoms. The average molecular weight is 581 g/mol. The summed E-state index contributed by atoms with van der Waals surface area (Å²) >= 11 is 0. The van der Waals surface area contributed by atoms with Crippen molar-refractivity contribution in [3.8, 4) is 11.5 Å². The van der Waals surface area contributed by atoms with E-state index in [4.69, 9.17) is 4.74 Å². The van der Waals surface area contributed by atoms with Gasteiger partial charge in [-0.25, -0.2) is 8.78 Å². The third-order valence-corrected chi connectivity index (χ3v) is 8.25. The van der Waals surface area contributed by atoms with Crippen molar-refractivity contribution in [2.75, 3.05) is 10.6 Å². The summed E-state index contributed by atoms with van der Waals surface area (Å²) in [6, 6.07) is 13.2. The number of ether oxygens (including phenoxy) is 1. The Bertz CT molecular complexity index is 1470. The van der Waals surface area contributed by atoms with Crippen LogP contribution in [0.25, 0.3) is 0 Å². The highest BCUT2D eigenvalue weighted by Crippen LogP contribution is 2.39. The summed E-state index contributed by atoms with van der Waals surface area (Å²) in [7, 11) is 0. The smallest absolute Gasteiger partial charge is 0.265 e. The van der Waals surface area contributed by atoms with Crippen LogP contribution < -0.4 is 15.4 Å². The SMILES string of the molecule is CCC(Oc1ccc(C(C)(C)CC)cc1C(C)(C)CC)C(=O)Nc1cccc(C(=O)Nc2cc(F)c(C)c(F)c2O)c1. The number of rotatable bonds is 11. The molecular formula is C34H42F2N2O4. The van der Waals surface area contributed by atoms with E-state index in [1.54, 1.807) is 12.1 Å². The van der Waals surface area contributed by atoms with Crippen molar-refractivity contribution in [3.63, 3.8) is 0 Å². The molecular weight excluding hydrogens is 538 g/mol. The lowest BCUT2D eigenvalue weighted by atomic mass is 9.76. The molecule has 0 saturated heterocycles. The van der Waals surface area contributed by atoms with Crippen LogP contribution in [-0.4, -0.2) is 23.0 Å². The maximum Gasteiger partial charge on any atom is 0.265 e. The summed E-state index contributed by atoms with van der Waals surface area (Å²) in [5.74, 6) is -3.34. The Morgan fingerprint density at radius 1 is 0.929 bits per heavy atom. The number of anilines is 2. The molecule has 0 fully saturated rings. The lowest BCUT2D eigenvalue weighted by Gasteiger charge is -2.31. The molecule has 1 unspecified atom stereocenters. The molecule has 2 amide bonds. The highest BCUT2D eigenvalue weighted by atomic mass is 19.1. The van der Waals surface area contributed by atoms with Gasteiger partial charge >= 0.3 is 0 Å². The molecule has 0 aliphatic carbocycles. The molecule has 3 N–H and O–H groups in total. The van der Waals surface area contributed by atoms with Crippen molar-refractivity contribution in [1.82, 2.24) is 0 Å². The first-order chi connectivity index (χ1) is 19.6. The number of nitrogens with one attached hydrogen (secondary N) is 2. The van der Waals surface area contributed by atoms with Crippen molar-refractivity contribution >= 4 is 23.2 Å². The van der Waals surface area contributed by atoms with Gasteiger partial charge in [0.25, 0.3) is 11.8 Å². The van der Waals surface area contributed by atoms with Gasteiger partial charge in [0.05, 0.1) is 5.69 Å². The first-order valence-corrected chi connectivity index (χ1v) is 14.4. The minimum Gasteiger partial charge on any atom is -0.503 e. The number of aromatic hydroxyl groups is 1. The Balaban J connectivity index is 1.82. The summed E-state index contributed by atoms with van der Waals surface area (Å²) < 4.78 is 34.4. The van der Waals surface area contributed by atoms with E-state index in [1.165, 1.54) is 24.6 Å². The molecule has 226 valence electrons. The first kappa shape index (κ1) is 32.6. The largest absolute Gasteiger partial charge is 0.503 e. The molecule has 1 atom stereocenters. The quantitative estimate of drug-likeness (QED) is 0.199. The van der Waals surface area contributed by atoms with Gasteiger partial charge in [0.15, 0.2) is 17.7 Å². The molecule has 0 saturated carbocycles. The zero-order valence-corrected chi connectivity index (χ0v) is 25.7. The molecule has 0 spiro atoms. The topological polar surface area (TPSA) is 87.7 Å². The van der Waals surface area contributed by atoms with Crippen LogP contribution in [-0.2, 0) is 15.6 Å². The number of amides is 2. The van der Waals surface area contributed by atoms with E-state index in [-0.39, 0.29) is 27.9 Å². The summed E-state index contributed by atoms with van der Waals surface area (Å²) in [6.45, 7) is 16.1. The molecule has 6 nitrogen and oxygen atoms in total. The average Bonchev–Trinajstić information content (AvgIpc) is 2.97. The zero-order valence-electron chi connectivity index (χ0n) is 25.7. The highest BCUT2D eigenvalue weighted by molar-refractivity contribution is 6.06. The maximum atomic E-state index is 14.1. The van der Waals surface area contributed by atoms with Gasteiger partial charge in [-0.3, -0.25) is 9.59 Å². The van der Waals surface area contributed by atoms with Crippen LogP contribution in [0.2, 0.25) is 0 Å². The van der Waals surface area contributed by atoms with Gasteiger partial charge < -0.3 is 20.5 Å². The van der Waals surface area contributed by atoms with Gasteiger partial charge in [-0.15, -0.1) is 0 Å².